The zero-order chi connectivity index (χ0) is 12.1. The van der Waals surface area contributed by atoms with E-state index in [1.54, 1.807) is 0 Å². The van der Waals surface area contributed by atoms with Gasteiger partial charge in [0, 0.05) is 6.04 Å². The fourth-order valence-corrected chi connectivity index (χ4v) is 1.38. The molecule has 0 aliphatic rings. The molecule has 15 heavy (non-hydrogen) atoms. The molecular formula is C11H21NO3. The van der Waals surface area contributed by atoms with Crippen LogP contribution in [0.2, 0.25) is 0 Å². The molecule has 0 spiro atoms. The Morgan fingerprint density at radius 2 is 1.93 bits per heavy atom. The number of nitrogens with two attached hydrogens (primary N) is 1. The maximum absolute atomic E-state index is 11.2. The Balaban J connectivity index is 4.10. The van der Waals surface area contributed by atoms with E-state index in [0.29, 0.717) is 6.42 Å². The van der Waals surface area contributed by atoms with Crippen LogP contribution in [0.1, 0.15) is 46.5 Å². The number of hydrogen-bond donors (Lipinski definition) is 2. The summed E-state index contributed by atoms with van der Waals surface area (Å²) in [6.45, 7) is 4.74. The zero-order valence-electron chi connectivity index (χ0n) is 9.75. The molecule has 0 bridgehead atoms. The van der Waals surface area contributed by atoms with Crippen molar-refractivity contribution in [2.45, 2.75) is 52.5 Å². The van der Waals surface area contributed by atoms with Gasteiger partial charge in [-0.05, 0) is 33.6 Å². The predicted molar refractivity (Wildman–Crippen MR) is 58.5 cm³/mol. The molecule has 0 aliphatic carbocycles. The molecule has 88 valence electrons. The molecule has 0 saturated carbocycles. The van der Waals surface area contributed by atoms with Crippen LogP contribution in [0.15, 0.2) is 0 Å². The highest BCUT2D eigenvalue weighted by atomic mass is 16.4. The van der Waals surface area contributed by atoms with Crippen LogP contribution in [-0.2, 0) is 9.59 Å². The maximum Gasteiger partial charge on any atom is 0.316 e. The van der Waals surface area contributed by atoms with Crippen molar-refractivity contribution in [3.63, 3.8) is 0 Å². The highest BCUT2D eigenvalue weighted by molar-refractivity contribution is 6.01. The summed E-state index contributed by atoms with van der Waals surface area (Å²) >= 11 is 0. The molecule has 0 saturated heterocycles. The second kappa shape index (κ2) is 5.85. The van der Waals surface area contributed by atoms with Crippen molar-refractivity contribution in [3.05, 3.63) is 0 Å². The molecule has 4 heteroatoms. The third kappa shape index (κ3) is 4.42. The molecule has 2 atom stereocenters. The minimum absolute atomic E-state index is 0.137. The van der Waals surface area contributed by atoms with Crippen molar-refractivity contribution in [1.29, 1.82) is 0 Å². The fourth-order valence-electron chi connectivity index (χ4n) is 1.38. The number of aliphatic carboxylic acids is 1. The number of Topliss-reactive ketones (excluding diaryl/α,β-unsaturated/α-hetero) is 1. The van der Waals surface area contributed by atoms with Gasteiger partial charge in [-0.15, -0.1) is 0 Å². The lowest BCUT2D eigenvalue weighted by atomic mass is 9.81. The standard InChI is InChI=1S/C11H21NO3/c1-8(12)6-4-5-7-11(3,9(2)13)10(14)15/h8H,4-7,12H2,1-3H3,(H,14,15). The Bertz CT molecular complexity index is 222. The highest BCUT2D eigenvalue weighted by Gasteiger charge is 2.37. The van der Waals surface area contributed by atoms with Gasteiger partial charge in [0.2, 0.25) is 0 Å². The normalized spacial score (nSPS) is 16.8. The predicted octanol–water partition coefficient (Wildman–Crippen LogP) is 1.57. The van der Waals surface area contributed by atoms with E-state index in [-0.39, 0.29) is 11.8 Å². The summed E-state index contributed by atoms with van der Waals surface area (Å²) in [6, 6.07) is 0.137. The third-order valence-corrected chi connectivity index (χ3v) is 2.84. The van der Waals surface area contributed by atoms with Crippen LogP contribution in [0.3, 0.4) is 0 Å². The van der Waals surface area contributed by atoms with Gasteiger partial charge in [-0.3, -0.25) is 9.59 Å². The van der Waals surface area contributed by atoms with E-state index in [9.17, 15) is 9.59 Å². The van der Waals surface area contributed by atoms with Crippen molar-refractivity contribution in [1.82, 2.24) is 0 Å². The van der Waals surface area contributed by atoms with E-state index in [1.165, 1.54) is 13.8 Å². The summed E-state index contributed by atoms with van der Waals surface area (Å²) < 4.78 is 0. The lowest BCUT2D eigenvalue weighted by Crippen LogP contribution is -2.34. The first-order valence-electron chi connectivity index (χ1n) is 5.30. The van der Waals surface area contributed by atoms with E-state index in [4.69, 9.17) is 10.8 Å². The van der Waals surface area contributed by atoms with E-state index in [0.717, 1.165) is 19.3 Å². The maximum atomic E-state index is 11.2. The quantitative estimate of drug-likeness (QED) is 0.499. The Hall–Kier alpha value is -0.900. The smallest absolute Gasteiger partial charge is 0.316 e. The van der Waals surface area contributed by atoms with Crippen molar-refractivity contribution >= 4 is 11.8 Å². The van der Waals surface area contributed by atoms with Crippen LogP contribution in [0.4, 0.5) is 0 Å². The molecule has 4 nitrogen and oxygen atoms in total. The number of hydrogen-bond acceptors (Lipinski definition) is 3. The number of rotatable bonds is 7. The van der Waals surface area contributed by atoms with Gasteiger partial charge in [0.25, 0.3) is 0 Å². The third-order valence-electron chi connectivity index (χ3n) is 2.84. The number of carbonyl (C=O) groups excluding carboxylic acids is 1. The Labute approximate surface area is 90.8 Å². The molecule has 0 aromatic rings. The van der Waals surface area contributed by atoms with Crippen molar-refractivity contribution in [2.75, 3.05) is 0 Å². The van der Waals surface area contributed by atoms with Crippen LogP contribution in [0, 0.1) is 5.41 Å². The average Bonchev–Trinajstić information content (AvgIpc) is 2.10. The van der Waals surface area contributed by atoms with Gasteiger partial charge in [-0.1, -0.05) is 12.8 Å². The van der Waals surface area contributed by atoms with E-state index >= 15 is 0 Å². The summed E-state index contributed by atoms with van der Waals surface area (Å²) in [5.41, 5.74) is 4.35. The van der Waals surface area contributed by atoms with Crippen LogP contribution >= 0.6 is 0 Å². The number of unbranched alkanes of at least 4 members (excludes halogenated alkanes) is 1. The minimum Gasteiger partial charge on any atom is -0.481 e. The summed E-state index contributed by atoms with van der Waals surface area (Å²) in [6.07, 6.45) is 2.86. The van der Waals surface area contributed by atoms with Gasteiger partial charge >= 0.3 is 5.97 Å². The molecule has 0 rings (SSSR count). The van der Waals surface area contributed by atoms with Gasteiger partial charge in [0.15, 0.2) is 0 Å². The molecule has 2 unspecified atom stereocenters. The number of ketones is 1. The summed E-state index contributed by atoms with van der Waals surface area (Å²) in [7, 11) is 0. The second-order valence-electron chi connectivity index (χ2n) is 4.42. The van der Waals surface area contributed by atoms with Gasteiger partial charge in [0.1, 0.15) is 11.2 Å². The molecule has 3 N–H and O–H groups in total. The molecule has 0 heterocycles. The Morgan fingerprint density at radius 1 is 1.40 bits per heavy atom. The molecule has 0 radical (unpaired) electrons. The lowest BCUT2D eigenvalue weighted by Gasteiger charge is -2.21. The second-order valence-corrected chi connectivity index (χ2v) is 4.42. The molecular weight excluding hydrogens is 194 g/mol. The lowest BCUT2D eigenvalue weighted by molar-refractivity contribution is -0.153. The SMILES string of the molecule is CC(=O)C(C)(CCCCC(C)N)C(=O)O. The van der Waals surface area contributed by atoms with E-state index < -0.39 is 11.4 Å². The summed E-state index contributed by atoms with van der Waals surface area (Å²) in [5.74, 6) is -1.31. The number of carbonyl (C=O) groups is 2. The summed E-state index contributed by atoms with van der Waals surface area (Å²) in [4.78, 5) is 22.2. The number of carboxylic acid groups (broad SMARTS) is 1. The minimum atomic E-state index is -1.22. The summed E-state index contributed by atoms with van der Waals surface area (Å²) in [5, 5.41) is 8.97. The average molecular weight is 215 g/mol. The molecule has 0 amide bonds. The zero-order valence-corrected chi connectivity index (χ0v) is 9.75. The van der Waals surface area contributed by atoms with Gasteiger partial charge in [-0.2, -0.15) is 0 Å². The monoisotopic (exact) mass is 215 g/mol. The first-order chi connectivity index (χ1) is 6.80. The van der Waals surface area contributed by atoms with Crippen LogP contribution < -0.4 is 5.73 Å². The molecule has 0 aromatic carbocycles. The van der Waals surface area contributed by atoms with Crippen molar-refractivity contribution in [2.24, 2.45) is 11.1 Å². The highest BCUT2D eigenvalue weighted by Crippen LogP contribution is 2.26. The van der Waals surface area contributed by atoms with Crippen LogP contribution in [0.25, 0.3) is 0 Å². The largest absolute Gasteiger partial charge is 0.481 e. The Morgan fingerprint density at radius 3 is 2.27 bits per heavy atom. The first-order valence-corrected chi connectivity index (χ1v) is 5.30. The van der Waals surface area contributed by atoms with E-state index in [1.807, 2.05) is 6.92 Å². The van der Waals surface area contributed by atoms with Crippen molar-refractivity contribution in [3.8, 4) is 0 Å². The molecule has 0 fully saturated rings. The van der Waals surface area contributed by atoms with Gasteiger partial charge in [0.05, 0.1) is 0 Å². The van der Waals surface area contributed by atoms with Gasteiger partial charge < -0.3 is 10.8 Å². The molecule has 0 aromatic heterocycles. The van der Waals surface area contributed by atoms with Crippen LogP contribution in [0.5, 0.6) is 0 Å². The molecule has 0 aliphatic heterocycles. The van der Waals surface area contributed by atoms with Crippen molar-refractivity contribution < 1.29 is 14.7 Å². The van der Waals surface area contributed by atoms with E-state index in [2.05, 4.69) is 0 Å². The topological polar surface area (TPSA) is 80.4 Å². The first kappa shape index (κ1) is 14.1. The fraction of sp³-hybridized carbons (Fsp3) is 0.818. The van der Waals surface area contributed by atoms with Crippen LogP contribution in [-0.4, -0.2) is 22.9 Å². The Kier molecular flexibility index (Phi) is 5.50. The van der Waals surface area contributed by atoms with Gasteiger partial charge in [-0.25, -0.2) is 0 Å². The number of carboxylic acids is 1.